The molecular weight excluding hydrogens is 484 g/mol. The lowest BCUT2D eigenvalue weighted by Gasteiger charge is -2.21. The number of aliphatic hydroxyl groups is 2. The Kier molecular flexibility index (Phi) is 9.57. The SMILES string of the molecule is CC(=O)Oc1c(C(O)CNC(C)Cc2ccc(OCC(F)(F)c3ccccc3)cc2)ccc(O)c1CO. The fourth-order valence-electron chi connectivity index (χ4n) is 3.82. The highest BCUT2D eigenvalue weighted by atomic mass is 19.3. The second-order valence-corrected chi connectivity index (χ2v) is 8.77. The summed E-state index contributed by atoms with van der Waals surface area (Å²) in [5.41, 5.74) is 1.10. The van der Waals surface area contributed by atoms with Gasteiger partial charge in [0.25, 0.3) is 0 Å². The van der Waals surface area contributed by atoms with Crippen molar-refractivity contribution >= 4 is 5.97 Å². The van der Waals surface area contributed by atoms with Crippen LogP contribution in [0.3, 0.4) is 0 Å². The summed E-state index contributed by atoms with van der Waals surface area (Å²) < 4.78 is 39.1. The molecule has 0 heterocycles. The first-order chi connectivity index (χ1) is 17.6. The Hall–Kier alpha value is -3.53. The van der Waals surface area contributed by atoms with E-state index < -0.39 is 31.2 Å². The maximum absolute atomic E-state index is 14.3. The summed E-state index contributed by atoms with van der Waals surface area (Å²) in [4.78, 5) is 11.5. The summed E-state index contributed by atoms with van der Waals surface area (Å²) in [6, 6.07) is 17.0. The fourth-order valence-corrected chi connectivity index (χ4v) is 3.82. The number of alkyl halides is 2. The van der Waals surface area contributed by atoms with Gasteiger partial charge in [-0.2, -0.15) is 8.78 Å². The Morgan fingerprint density at radius 1 is 1.05 bits per heavy atom. The van der Waals surface area contributed by atoms with E-state index in [0.29, 0.717) is 12.2 Å². The van der Waals surface area contributed by atoms with Gasteiger partial charge in [0.05, 0.1) is 18.3 Å². The van der Waals surface area contributed by atoms with Crippen LogP contribution < -0.4 is 14.8 Å². The topological polar surface area (TPSA) is 108 Å². The maximum Gasteiger partial charge on any atom is 0.308 e. The van der Waals surface area contributed by atoms with Crippen molar-refractivity contribution in [1.29, 1.82) is 0 Å². The van der Waals surface area contributed by atoms with Crippen molar-refractivity contribution in [3.05, 3.63) is 89.0 Å². The molecule has 0 aliphatic rings. The highest BCUT2D eigenvalue weighted by Gasteiger charge is 2.32. The number of aliphatic hydroxyl groups excluding tert-OH is 2. The van der Waals surface area contributed by atoms with Gasteiger partial charge in [0.15, 0.2) is 6.61 Å². The monoisotopic (exact) mass is 515 g/mol. The molecule has 0 radical (unpaired) electrons. The molecule has 2 unspecified atom stereocenters. The summed E-state index contributed by atoms with van der Waals surface area (Å²) in [5, 5.41) is 33.4. The van der Waals surface area contributed by atoms with Gasteiger partial charge in [0.2, 0.25) is 0 Å². The van der Waals surface area contributed by atoms with Crippen LogP contribution >= 0.6 is 0 Å². The Morgan fingerprint density at radius 2 is 1.73 bits per heavy atom. The highest BCUT2D eigenvalue weighted by Crippen LogP contribution is 2.35. The van der Waals surface area contributed by atoms with E-state index in [-0.39, 0.29) is 40.8 Å². The van der Waals surface area contributed by atoms with Gasteiger partial charge in [-0.25, -0.2) is 0 Å². The summed E-state index contributed by atoms with van der Waals surface area (Å²) in [5.74, 6) is -3.73. The van der Waals surface area contributed by atoms with E-state index in [2.05, 4.69) is 5.32 Å². The summed E-state index contributed by atoms with van der Waals surface area (Å²) in [6.45, 7) is 1.88. The van der Waals surface area contributed by atoms with Gasteiger partial charge in [-0.1, -0.05) is 42.5 Å². The Morgan fingerprint density at radius 3 is 2.35 bits per heavy atom. The number of nitrogens with one attached hydrogen (secondary N) is 1. The molecule has 0 fully saturated rings. The minimum atomic E-state index is -3.11. The van der Waals surface area contributed by atoms with Gasteiger partial charge in [-0.05, 0) is 43.2 Å². The van der Waals surface area contributed by atoms with Crippen molar-refractivity contribution in [3.8, 4) is 17.2 Å². The van der Waals surface area contributed by atoms with Crippen LogP contribution in [0.15, 0.2) is 66.7 Å². The number of benzene rings is 3. The van der Waals surface area contributed by atoms with E-state index in [4.69, 9.17) is 9.47 Å². The lowest BCUT2D eigenvalue weighted by molar-refractivity contribution is -0.132. The Bertz CT molecular complexity index is 1170. The van der Waals surface area contributed by atoms with Crippen molar-refractivity contribution in [3.63, 3.8) is 0 Å². The van der Waals surface area contributed by atoms with Crippen LogP contribution in [-0.2, 0) is 23.7 Å². The summed E-state index contributed by atoms with van der Waals surface area (Å²) in [7, 11) is 0. The van der Waals surface area contributed by atoms with Crippen LogP contribution in [0.25, 0.3) is 0 Å². The van der Waals surface area contributed by atoms with Crippen molar-refractivity contribution in [2.45, 2.75) is 44.9 Å². The molecule has 37 heavy (non-hydrogen) atoms. The molecule has 3 rings (SSSR count). The molecule has 0 bridgehead atoms. The predicted molar refractivity (Wildman–Crippen MR) is 134 cm³/mol. The average Bonchev–Trinajstić information content (AvgIpc) is 2.87. The normalized spacial score (nSPS) is 13.1. The predicted octanol–water partition coefficient (Wildman–Crippen LogP) is 4.23. The Balaban J connectivity index is 1.54. The molecule has 0 aromatic heterocycles. The number of aromatic hydroxyl groups is 1. The lowest BCUT2D eigenvalue weighted by atomic mass is 10.0. The molecule has 0 spiro atoms. The van der Waals surface area contributed by atoms with E-state index >= 15 is 0 Å². The zero-order valence-corrected chi connectivity index (χ0v) is 20.7. The smallest absolute Gasteiger partial charge is 0.308 e. The molecule has 7 nitrogen and oxygen atoms in total. The van der Waals surface area contributed by atoms with Gasteiger partial charge < -0.3 is 30.1 Å². The third-order valence-corrected chi connectivity index (χ3v) is 5.77. The number of carbonyl (C=O) groups is 1. The van der Waals surface area contributed by atoms with E-state index in [1.807, 2.05) is 6.92 Å². The second kappa shape index (κ2) is 12.6. The van der Waals surface area contributed by atoms with Crippen molar-refractivity contribution in [2.24, 2.45) is 0 Å². The minimum Gasteiger partial charge on any atom is -0.507 e. The van der Waals surface area contributed by atoms with Gasteiger partial charge in [-0.15, -0.1) is 0 Å². The quantitative estimate of drug-likeness (QED) is 0.211. The lowest BCUT2D eigenvalue weighted by Crippen LogP contribution is -2.32. The van der Waals surface area contributed by atoms with Gasteiger partial charge in [0.1, 0.15) is 17.2 Å². The number of esters is 1. The van der Waals surface area contributed by atoms with Gasteiger partial charge >= 0.3 is 11.9 Å². The van der Waals surface area contributed by atoms with E-state index in [1.54, 1.807) is 42.5 Å². The molecule has 0 aliphatic heterocycles. The van der Waals surface area contributed by atoms with Crippen LogP contribution in [0.5, 0.6) is 17.2 Å². The van der Waals surface area contributed by atoms with Crippen LogP contribution in [0.2, 0.25) is 0 Å². The number of ether oxygens (including phenoxy) is 2. The molecule has 4 N–H and O–H groups in total. The third kappa shape index (κ3) is 7.72. The zero-order chi connectivity index (χ0) is 27.0. The van der Waals surface area contributed by atoms with E-state index in [1.165, 1.54) is 31.2 Å². The molecule has 0 aliphatic carbocycles. The standard InChI is InChI=1S/C28H31F2NO6/c1-18(31-15-26(35)23-12-13-25(34)24(16-32)27(23)37-19(2)33)14-20-8-10-22(11-9-20)36-17-28(29,30)21-6-4-3-5-7-21/h3-13,18,26,31-32,34-35H,14-17H2,1-2H3. The number of phenols is 1. The molecule has 0 saturated heterocycles. The molecule has 2 atom stereocenters. The first kappa shape index (κ1) is 28.0. The van der Waals surface area contributed by atoms with Crippen molar-refractivity contribution in [2.75, 3.05) is 13.2 Å². The molecule has 9 heteroatoms. The first-order valence-electron chi connectivity index (χ1n) is 11.8. The fraction of sp³-hybridized carbons (Fsp3) is 0.321. The molecule has 3 aromatic rings. The molecule has 0 amide bonds. The van der Waals surface area contributed by atoms with Crippen molar-refractivity contribution < 1.29 is 38.4 Å². The second-order valence-electron chi connectivity index (χ2n) is 8.77. The molecular formula is C28H31F2NO6. The van der Waals surface area contributed by atoms with E-state index in [0.717, 1.165) is 5.56 Å². The Labute approximate surface area is 214 Å². The average molecular weight is 516 g/mol. The van der Waals surface area contributed by atoms with Crippen LogP contribution in [0.1, 0.15) is 42.2 Å². The first-order valence-corrected chi connectivity index (χ1v) is 11.8. The number of hydrogen-bond acceptors (Lipinski definition) is 7. The largest absolute Gasteiger partial charge is 0.507 e. The third-order valence-electron chi connectivity index (χ3n) is 5.77. The number of carbonyl (C=O) groups excluding carboxylic acids is 1. The van der Waals surface area contributed by atoms with Crippen LogP contribution in [-0.4, -0.2) is 40.5 Å². The summed E-state index contributed by atoms with van der Waals surface area (Å²) >= 11 is 0. The number of rotatable bonds is 12. The molecule has 3 aromatic carbocycles. The van der Waals surface area contributed by atoms with Crippen LogP contribution in [0.4, 0.5) is 8.78 Å². The number of halogens is 2. The summed E-state index contributed by atoms with van der Waals surface area (Å²) in [6.07, 6.45) is -0.494. The molecule has 198 valence electrons. The van der Waals surface area contributed by atoms with Gasteiger partial charge in [0, 0.05) is 30.6 Å². The van der Waals surface area contributed by atoms with Gasteiger partial charge in [-0.3, -0.25) is 4.79 Å². The van der Waals surface area contributed by atoms with E-state index in [9.17, 15) is 28.9 Å². The number of hydrogen-bond donors (Lipinski definition) is 4. The zero-order valence-electron chi connectivity index (χ0n) is 20.7. The maximum atomic E-state index is 14.3. The van der Waals surface area contributed by atoms with Crippen LogP contribution in [0, 0.1) is 0 Å². The molecule has 0 saturated carbocycles. The van der Waals surface area contributed by atoms with Crippen molar-refractivity contribution in [1.82, 2.24) is 5.32 Å². The highest BCUT2D eigenvalue weighted by molar-refractivity contribution is 5.71. The minimum absolute atomic E-state index is 0.0173.